The highest BCUT2D eigenvalue weighted by atomic mass is 32.2. The molecule has 0 spiro atoms. The van der Waals surface area contributed by atoms with E-state index in [1.165, 1.54) is 17.1 Å². The summed E-state index contributed by atoms with van der Waals surface area (Å²) in [7, 11) is -3.82. The molecule has 3 rings (SSSR count). The average molecular weight is 391 g/mol. The van der Waals surface area contributed by atoms with Gasteiger partial charge < -0.3 is 4.90 Å². The van der Waals surface area contributed by atoms with E-state index in [1.807, 2.05) is 37.3 Å². The number of nitrogens with one attached hydrogen (secondary N) is 1. The second-order valence-electron chi connectivity index (χ2n) is 6.49. The summed E-state index contributed by atoms with van der Waals surface area (Å²) in [6, 6.07) is 9.32. The zero-order valence-corrected chi connectivity index (χ0v) is 15.7. The van der Waals surface area contributed by atoms with Crippen molar-refractivity contribution in [3.05, 3.63) is 48.3 Å². The largest absolute Gasteiger partial charge is 0.335 e. The Bertz CT molecular complexity index is 899. The fourth-order valence-corrected chi connectivity index (χ4v) is 4.05. The van der Waals surface area contributed by atoms with Gasteiger partial charge in [-0.2, -0.15) is 0 Å². The van der Waals surface area contributed by atoms with E-state index in [0.29, 0.717) is 0 Å². The fourth-order valence-electron chi connectivity index (χ4n) is 3.05. The highest BCUT2D eigenvalue weighted by Gasteiger charge is 2.38. The van der Waals surface area contributed by atoms with Gasteiger partial charge in [0.05, 0.1) is 30.5 Å². The minimum atomic E-state index is -3.82. The molecule has 1 aliphatic heterocycles. The molecule has 2 amide bonds. The zero-order valence-electron chi connectivity index (χ0n) is 14.9. The van der Waals surface area contributed by atoms with Gasteiger partial charge in [0.1, 0.15) is 0 Å². The normalized spacial score (nSPS) is 18.5. The molecule has 27 heavy (non-hydrogen) atoms. The van der Waals surface area contributed by atoms with Gasteiger partial charge in [0.15, 0.2) is 0 Å². The Balaban J connectivity index is 1.58. The quantitative estimate of drug-likeness (QED) is 0.728. The van der Waals surface area contributed by atoms with Crippen molar-refractivity contribution in [2.24, 2.45) is 5.92 Å². The molecular formula is C17H21N5O4S. The van der Waals surface area contributed by atoms with Crippen molar-refractivity contribution in [3.8, 4) is 0 Å². The van der Waals surface area contributed by atoms with E-state index < -0.39 is 21.8 Å². The molecule has 0 aliphatic carbocycles. The maximum Gasteiger partial charge on any atom is 0.238 e. The van der Waals surface area contributed by atoms with Crippen LogP contribution in [0, 0.1) is 5.92 Å². The van der Waals surface area contributed by atoms with Crippen LogP contribution >= 0.6 is 0 Å². The third-order valence-electron chi connectivity index (χ3n) is 4.60. The van der Waals surface area contributed by atoms with E-state index in [0.717, 1.165) is 5.56 Å². The number of sulfonamides is 1. The Morgan fingerprint density at radius 1 is 1.33 bits per heavy atom. The van der Waals surface area contributed by atoms with Crippen LogP contribution in [0.5, 0.6) is 0 Å². The van der Waals surface area contributed by atoms with E-state index in [4.69, 9.17) is 0 Å². The molecule has 0 saturated carbocycles. The summed E-state index contributed by atoms with van der Waals surface area (Å²) in [5, 5.41) is 7.27. The van der Waals surface area contributed by atoms with Crippen molar-refractivity contribution in [3.63, 3.8) is 0 Å². The van der Waals surface area contributed by atoms with Crippen molar-refractivity contribution in [2.45, 2.75) is 25.9 Å². The lowest BCUT2D eigenvalue weighted by Gasteiger charge is -2.25. The number of aromatic nitrogens is 3. The lowest BCUT2D eigenvalue weighted by molar-refractivity contribution is -0.130. The third-order valence-corrected chi connectivity index (χ3v) is 5.83. The maximum atomic E-state index is 12.4. The van der Waals surface area contributed by atoms with E-state index >= 15 is 0 Å². The predicted molar refractivity (Wildman–Crippen MR) is 96.6 cm³/mol. The predicted octanol–water partition coefficient (Wildman–Crippen LogP) is 0.334. The van der Waals surface area contributed by atoms with Gasteiger partial charge in [-0.3, -0.25) is 19.0 Å². The van der Waals surface area contributed by atoms with Crippen LogP contribution in [0.2, 0.25) is 0 Å². The van der Waals surface area contributed by atoms with Gasteiger partial charge in [0, 0.05) is 19.2 Å². The van der Waals surface area contributed by atoms with Crippen molar-refractivity contribution >= 4 is 21.8 Å². The molecule has 1 fully saturated rings. The smallest absolute Gasteiger partial charge is 0.238 e. The van der Waals surface area contributed by atoms with Gasteiger partial charge in [0.2, 0.25) is 21.8 Å². The van der Waals surface area contributed by atoms with Gasteiger partial charge in [-0.25, -0.2) is 8.42 Å². The monoisotopic (exact) mass is 391 g/mol. The Kier molecular flexibility index (Phi) is 5.54. The molecule has 2 aromatic rings. The first-order valence-electron chi connectivity index (χ1n) is 8.58. The summed E-state index contributed by atoms with van der Waals surface area (Å²) >= 11 is 0. The number of benzene rings is 1. The topological polar surface area (TPSA) is 114 Å². The molecule has 1 aromatic carbocycles. The lowest BCUT2D eigenvalue weighted by Crippen LogP contribution is -2.39. The summed E-state index contributed by atoms with van der Waals surface area (Å²) in [5.41, 5.74) is 0.965. The first kappa shape index (κ1) is 19.0. The number of nitrogens with zero attached hydrogens (tertiary/aromatic N) is 4. The van der Waals surface area contributed by atoms with Gasteiger partial charge >= 0.3 is 0 Å². The maximum absolute atomic E-state index is 12.4. The number of carbonyl (C=O) groups is 2. The molecule has 1 aliphatic rings. The molecule has 0 bridgehead atoms. The molecule has 2 atom stereocenters. The minimum Gasteiger partial charge on any atom is -0.335 e. The molecule has 2 heterocycles. The summed E-state index contributed by atoms with van der Waals surface area (Å²) < 4.78 is 27.7. The summed E-state index contributed by atoms with van der Waals surface area (Å²) in [6.45, 7) is 2.17. The highest BCUT2D eigenvalue weighted by molar-refractivity contribution is 7.90. The van der Waals surface area contributed by atoms with Crippen LogP contribution in [0.4, 0.5) is 0 Å². The van der Waals surface area contributed by atoms with Gasteiger partial charge in [-0.15, -0.1) is 5.10 Å². The number of rotatable bonds is 7. The molecule has 0 radical (unpaired) electrons. The van der Waals surface area contributed by atoms with Gasteiger partial charge in [0.25, 0.3) is 0 Å². The summed E-state index contributed by atoms with van der Waals surface area (Å²) in [6.07, 6.45) is 2.98. The van der Waals surface area contributed by atoms with Crippen LogP contribution in [0.3, 0.4) is 0 Å². The molecule has 9 nitrogen and oxygen atoms in total. The number of hydrogen-bond acceptors (Lipinski definition) is 6. The Morgan fingerprint density at radius 2 is 2.07 bits per heavy atom. The Morgan fingerprint density at radius 3 is 2.74 bits per heavy atom. The second kappa shape index (κ2) is 7.87. The number of amides is 2. The number of aryl methyl sites for hydroxylation is 1. The van der Waals surface area contributed by atoms with E-state index in [9.17, 15) is 18.0 Å². The number of hydrogen-bond donors (Lipinski definition) is 1. The standard InChI is InChI=1S/C17H21N5O4S/c1-13(14-5-3-2-4-6-14)22-12-15(11-16(22)23)17(24)19-27(25,26)10-9-21-8-7-18-20-21/h2-8,13,15H,9-12H2,1H3,(H,19,24). The van der Waals surface area contributed by atoms with E-state index in [-0.39, 0.29) is 37.2 Å². The minimum absolute atomic E-state index is 0.00159. The summed E-state index contributed by atoms with van der Waals surface area (Å²) in [5.74, 6) is -1.80. The SMILES string of the molecule is CC(c1ccccc1)N1CC(C(=O)NS(=O)(=O)CCn2ccnn2)CC1=O. The molecule has 2 unspecified atom stereocenters. The van der Waals surface area contributed by atoms with Crippen molar-refractivity contribution in [1.29, 1.82) is 0 Å². The average Bonchev–Trinajstić information content (AvgIpc) is 3.29. The molecular weight excluding hydrogens is 370 g/mol. The van der Waals surface area contributed by atoms with Crippen LogP contribution in [-0.2, 0) is 26.2 Å². The number of likely N-dealkylation sites (tertiary alicyclic amines) is 1. The van der Waals surface area contributed by atoms with Gasteiger partial charge in [-0.05, 0) is 12.5 Å². The van der Waals surface area contributed by atoms with Crippen molar-refractivity contribution in [1.82, 2.24) is 24.6 Å². The number of carbonyl (C=O) groups excluding carboxylic acids is 2. The van der Waals surface area contributed by atoms with Crippen LogP contribution in [0.1, 0.15) is 24.9 Å². The third kappa shape index (κ3) is 4.70. The molecule has 10 heteroatoms. The second-order valence-corrected chi connectivity index (χ2v) is 8.33. The molecule has 144 valence electrons. The van der Waals surface area contributed by atoms with E-state index in [1.54, 1.807) is 4.90 Å². The first-order valence-corrected chi connectivity index (χ1v) is 10.2. The van der Waals surface area contributed by atoms with E-state index in [2.05, 4.69) is 15.0 Å². The molecule has 1 saturated heterocycles. The summed E-state index contributed by atoms with van der Waals surface area (Å²) in [4.78, 5) is 26.3. The molecule has 1 N–H and O–H groups in total. The zero-order chi connectivity index (χ0) is 19.4. The van der Waals surface area contributed by atoms with Crippen molar-refractivity contribution in [2.75, 3.05) is 12.3 Å². The first-order chi connectivity index (χ1) is 12.9. The van der Waals surface area contributed by atoms with Crippen LogP contribution in [-0.4, -0.2) is 52.4 Å². The fraction of sp³-hybridized carbons (Fsp3) is 0.412. The van der Waals surface area contributed by atoms with Crippen LogP contribution in [0.25, 0.3) is 0 Å². The highest BCUT2D eigenvalue weighted by Crippen LogP contribution is 2.28. The van der Waals surface area contributed by atoms with Gasteiger partial charge in [-0.1, -0.05) is 35.5 Å². The van der Waals surface area contributed by atoms with Crippen molar-refractivity contribution < 1.29 is 18.0 Å². The lowest BCUT2D eigenvalue weighted by atomic mass is 10.1. The van der Waals surface area contributed by atoms with Crippen LogP contribution < -0.4 is 4.72 Å². The Hall–Kier alpha value is -2.75. The Labute approximate surface area is 157 Å². The molecule has 1 aromatic heterocycles. The van der Waals surface area contributed by atoms with Crippen LogP contribution in [0.15, 0.2) is 42.7 Å².